The number of aromatic nitrogens is 2. The first kappa shape index (κ1) is 12.0. The quantitative estimate of drug-likeness (QED) is 0.857. The molecule has 1 aromatic carbocycles. The van der Waals surface area contributed by atoms with E-state index in [0.29, 0.717) is 5.92 Å². The van der Waals surface area contributed by atoms with Gasteiger partial charge in [-0.25, -0.2) is 4.98 Å². The largest absolute Gasteiger partial charge is 0.330 e. The third-order valence-corrected chi connectivity index (χ3v) is 4.09. The Hall–Kier alpha value is -1.06. The van der Waals surface area contributed by atoms with Crippen LogP contribution in [0.2, 0.25) is 5.02 Å². The summed E-state index contributed by atoms with van der Waals surface area (Å²) in [5.41, 5.74) is 3.26. The number of fused-ring (bicyclic) bond motifs is 1. The highest BCUT2D eigenvalue weighted by molar-refractivity contribution is 6.35. The summed E-state index contributed by atoms with van der Waals surface area (Å²) < 4.78 is 2.17. The van der Waals surface area contributed by atoms with Gasteiger partial charge in [0, 0.05) is 13.0 Å². The van der Waals surface area contributed by atoms with Crippen LogP contribution in [0.4, 0.5) is 0 Å². The monoisotopic (exact) mass is 263 g/mol. The number of imidazole rings is 1. The van der Waals surface area contributed by atoms with E-state index in [2.05, 4.69) is 29.9 Å². The summed E-state index contributed by atoms with van der Waals surface area (Å²) in [6, 6.07) is 4.13. The Morgan fingerprint density at radius 2 is 2.06 bits per heavy atom. The van der Waals surface area contributed by atoms with E-state index in [4.69, 9.17) is 16.6 Å². The molecule has 0 aliphatic carbocycles. The Bertz CT molecular complexity index is 582. The second kappa shape index (κ2) is 4.56. The number of aryl methyl sites for hydroxylation is 2. The molecule has 18 heavy (non-hydrogen) atoms. The second-order valence-electron chi connectivity index (χ2n) is 5.17. The molecular weight excluding hydrogens is 246 g/mol. The van der Waals surface area contributed by atoms with Crippen molar-refractivity contribution in [2.24, 2.45) is 7.05 Å². The third-order valence-electron chi connectivity index (χ3n) is 3.81. The van der Waals surface area contributed by atoms with Gasteiger partial charge in [0.05, 0.1) is 16.1 Å². The molecule has 0 radical (unpaired) electrons. The molecule has 1 saturated heterocycles. The molecule has 1 fully saturated rings. The van der Waals surface area contributed by atoms with Gasteiger partial charge in [-0.2, -0.15) is 0 Å². The first-order valence-corrected chi connectivity index (χ1v) is 6.88. The molecule has 4 heteroatoms. The number of hydrogen-bond donors (Lipinski definition) is 1. The van der Waals surface area contributed by atoms with Crippen LogP contribution in [-0.2, 0) is 7.05 Å². The molecule has 1 N–H and O–H groups in total. The van der Waals surface area contributed by atoms with Gasteiger partial charge in [-0.15, -0.1) is 0 Å². The van der Waals surface area contributed by atoms with E-state index in [1.54, 1.807) is 0 Å². The van der Waals surface area contributed by atoms with E-state index in [1.165, 1.54) is 11.4 Å². The number of nitrogens with zero attached hydrogens (tertiary/aromatic N) is 2. The van der Waals surface area contributed by atoms with Crippen LogP contribution < -0.4 is 5.32 Å². The van der Waals surface area contributed by atoms with Gasteiger partial charge < -0.3 is 9.88 Å². The molecule has 2 aromatic rings. The number of rotatable bonds is 1. The molecule has 0 saturated carbocycles. The summed E-state index contributed by atoms with van der Waals surface area (Å²) >= 11 is 6.35. The molecule has 0 atom stereocenters. The maximum absolute atomic E-state index is 6.35. The normalized spacial score (nSPS) is 17.5. The molecule has 0 amide bonds. The fourth-order valence-corrected chi connectivity index (χ4v) is 3.29. The zero-order valence-electron chi connectivity index (χ0n) is 10.8. The highest BCUT2D eigenvalue weighted by Crippen LogP contribution is 2.31. The highest BCUT2D eigenvalue weighted by atomic mass is 35.5. The molecule has 0 spiro atoms. The fourth-order valence-electron chi connectivity index (χ4n) is 2.89. The minimum absolute atomic E-state index is 0.556. The van der Waals surface area contributed by atoms with Crippen LogP contribution in [0.5, 0.6) is 0 Å². The lowest BCUT2D eigenvalue weighted by molar-refractivity contribution is 0.439. The van der Waals surface area contributed by atoms with E-state index in [-0.39, 0.29) is 0 Å². The fraction of sp³-hybridized carbons (Fsp3) is 0.500. The summed E-state index contributed by atoms with van der Waals surface area (Å²) in [5, 5.41) is 4.20. The zero-order chi connectivity index (χ0) is 12.7. The Kier molecular flexibility index (Phi) is 3.04. The average Bonchev–Trinajstić information content (AvgIpc) is 2.67. The summed E-state index contributed by atoms with van der Waals surface area (Å²) in [6.45, 7) is 4.23. The lowest BCUT2D eigenvalue weighted by Gasteiger charge is -2.22. The first-order valence-electron chi connectivity index (χ1n) is 6.50. The smallest absolute Gasteiger partial charge is 0.112 e. The Balaban J connectivity index is 2.13. The van der Waals surface area contributed by atoms with Crippen molar-refractivity contribution < 1.29 is 0 Å². The second-order valence-corrected chi connectivity index (χ2v) is 5.57. The van der Waals surface area contributed by atoms with E-state index in [9.17, 15) is 0 Å². The summed E-state index contributed by atoms with van der Waals surface area (Å²) in [5.74, 6) is 1.74. The van der Waals surface area contributed by atoms with Crippen molar-refractivity contribution in [3.05, 3.63) is 28.5 Å². The standard InChI is InChI=1S/C14H18ClN3/c1-9-7-11(15)13-12(8-9)17-14(18(13)2)10-3-5-16-6-4-10/h7-8,10,16H,3-6H2,1-2H3. The van der Waals surface area contributed by atoms with Crippen LogP contribution in [0.3, 0.4) is 0 Å². The van der Waals surface area contributed by atoms with Crippen LogP contribution in [0, 0.1) is 6.92 Å². The molecular formula is C14H18ClN3. The maximum Gasteiger partial charge on any atom is 0.112 e. The number of halogens is 1. The minimum Gasteiger partial charge on any atom is -0.330 e. The Labute approximate surface area is 112 Å². The van der Waals surface area contributed by atoms with Gasteiger partial charge in [0.25, 0.3) is 0 Å². The lowest BCUT2D eigenvalue weighted by Crippen LogP contribution is -2.27. The zero-order valence-corrected chi connectivity index (χ0v) is 11.6. The SMILES string of the molecule is Cc1cc(Cl)c2c(c1)nc(C1CCNCC1)n2C. The topological polar surface area (TPSA) is 29.9 Å². The number of benzene rings is 1. The highest BCUT2D eigenvalue weighted by Gasteiger charge is 2.21. The molecule has 96 valence electrons. The number of piperidine rings is 1. The maximum atomic E-state index is 6.35. The molecule has 1 aromatic heterocycles. The number of nitrogens with one attached hydrogen (secondary N) is 1. The van der Waals surface area contributed by atoms with E-state index < -0.39 is 0 Å². The van der Waals surface area contributed by atoms with Gasteiger partial charge in [-0.05, 0) is 50.6 Å². The summed E-state index contributed by atoms with van der Waals surface area (Å²) in [7, 11) is 2.08. The average molecular weight is 264 g/mol. The van der Waals surface area contributed by atoms with Crippen LogP contribution >= 0.6 is 11.6 Å². The summed E-state index contributed by atoms with van der Waals surface area (Å²) in [4.78, 5) is 4.81. The molecule has 0 unspecified atom stereocenters. The van der Waals surface area contributed by atoms with Crippen LogP contribution in [0.15, 0.2) is 12.1 Å². The van der Waals surface area contributed by atoms with Gasteiger partial charge in [0.1, 0.15) is 5.82 Å². The van der Waals surface area contributed by atoms with Gasteiger partial charge in [0.15, 0.2) is 0 Å². The molecule has 2 heterocycles. The van der Waals surface area contributed by atoms with Gasteiger partial charge in [-0.1, -0.05) is 11.6 Å². The summed E-state index contributed by atoms with van der Waals surface area (Å²) in [6.07, 6.45) is 2.32. The Morgan fingerprint density at radius 1 is 1.33 bits per heavy atom. The van der Waals surface area contributed by atoms with Crippen molar-refractivity contribution in [1.29, 1.82) is 0 Å². The van der Waals surface area contributed by atoms with Crippen molar-refractivity contribution in [1.82, 2.24) is 14.9 Å². The minimum atomic E-state index is 0.556. The van der Waals surface area contributed by atoms with Gasteiger partial charge in [-0.3, -0.25) is 0 Å². The lowest BCUT2D eigenvalue weighted by atomic mass is 9.97. The molecule has 1 aliphatic rings. The van der Waals surface area contributed by atoms with Crippen molar-refractivity contribution in [3.63, 3.8) is 0 Å². The number of hydrogen-bond acceptors (Lipinski definition) is 2. The van der Waals surface area contributed by atoms with Crippen LogP contribution in [0.1, 0.15) is 30.1 Å². The molecule has 0 bridgehead atoms. The predicted molar refractivity (Wildman–Crippen MR) is 75.3 cm³/mol. The molecule has 1 aliphatic heterocycles. The van der Waals surface area contributed by atoms with Crippen molar-refractivity contribution in [2.45, 2.75) is 25.7 Å². The first-order chi connectivity index (χ1) is 8.66. The third kappa shape index (κ3) is 1.91. The molecule has 3 rings (SSSR count). The van der Waals surface area contributed by atoms with E-state index >= 15 is 0 Å². The van der Waals surface area contributed by atoms with E-state index in [1.807, 2.05) is 6.07 Å². The van der Waals surface area contributed by atoms with Crippen LogP contribution in [-0.4, -0.2) is 22.6 Å². The van der Waals surface area contributed by atoms with Crippen molar-refractivity contribution >= 4 is 22.6 Å². The Morgan fingerprint density at radius 3 is 2.78 bits per heavy atom. The van der Waals surface area contributed by atoms with Crippen molar-refractivity contribution in [3.8, 4) is 0 Å². The van der Waals surface area contributed by atoms with E-state index in [0.717, 1.165) is 42.0 Å². The molecule has 3 nitrogen and oxygen atoms in total. The van der Waals surface area contributed by atoms with Gasteiger partial charge >= 0.3 is 0 Å². The predicted octanol–water partition coefficient (Wildman–Crippen LogP) is 3.00. The van der Waals surface area contributed by atoms with Crippen LogP contribution in [0.25, 0.3) is 11.0 Å². The van der Waals surface area contributed by atoms with Crippen molar-refractivity contribution in [2.75, 3.05) is 13.1 Å². The van der Waals surface area contributed by atoms with Gasteiger partial charge in [0.2, 0.25) is 0 Å².